The van der Waals surface area contributed by atoms with E-state index in [4.69, 9.17) is 11.2 Å². The maximum Gasteiger partial charge on any atom is 0.119 e. The fourth-order valence-electron chi connectivity index (χ4n) is 1.52. The molecule has 3 nitrogen and oxygen atoms in total. The van der Waals surface area contributed by atoms with Gasteiger partial charge >= 0.3 is 0 Å². The lowest BCUT2D eigenvalue weighted by Gasteiger charge is -2.10. The summed E-state index contributed by atoms with van der Waals surface area (Å²) in [7, 11) is 1.65. The van der Waals surface area contributed by atoms with Gasteiger partial charge in [-0.05, 0) is 24.1 Å². The van der Waals surface area contributed by atoms with E-state index in [2.05, 4.69) is 11.2 Å². The molecule has 1 rings (SSSR count). The highest BCUT2D eigenvalue weighted by Gasteiger charge is 2.02. The topological polar surface area (TPSA) is 41.5 Å². The van der Waals surface area contributed by atoms with Crippen molar-refractivity contribution in [2.45, 2.75) is 25.5 Å². The van der Waals surface area contributed by atoms with Gasteiger partial charge in [0.05, 0.1) is 13.2 Å². The van der Waals surface area contributed by atoms with E-state index in [1.165, 1.54) is 0 Å². The Hall–Kier alpha value is -1.50. The normalized spacial score (nSPS) is 11.8. The molecule has 0 aliphatic rings. The molecule has 2 N–H and O–H groups in total. The van der Waals surface area contributed by atoms with Crippen LogP contribution in [0.25, 0.3) is 0 Å². The number of benzene rings is 1. The molecule has 1 aromatic carbocycles. The molecule has 0 radical (unpaired) electrons. The highest BCUT2D eigenvalue weighted by molar-refractivity contribution is 5.28. The van der Waals surface area contributed by atoms with E-state index in [0.29, 0.717) is 25.9 Å². The van der Waals surface area contributed by atoms with Crippen LogP contribution < -0.4 is 10.1 Å². The zero-order valence-corrected chi connectivity index (χ0v) is 10.1. The summed E-state index contributed by atoms with van der Waals surface area (Å²) in [4.78, 5) is 0. The second-order valence-corrected chi connectivity index (χ2v) is 3.88. The first kappa shape index (κ1) is 13.6. The molecular formula is C14H19NO2. The fourth-order valence-corrected chi connectivity index (χ4v) is 1.52. The second-order valence-electron chi connectivity index (χ2n) is 3.88. The van der Waals surface area contributed by atoms with Gasteiger partial charge in [-0.3, -0.25) is 0 Å². The SMILES string of the molecule is C#CCC[C@H](O)CNCc1cccc(OC)c1. The lowest BCUT2D eigenvalue weighted by Crippen LogP contribution is -2.26. The number of rotatable bonds is 7. The van der Waals surface area contributed by atoms with Crippen LogP contribution in [0.5, 0.6) is 5.75 Å². The molecule has 0 aliphatic heterocycles. The van der Waals surface area contributed by atoms with Gasteiger partial charge in [0.1, 0.15) is 5.75 Å². The number of nitrogens with one attached hydrogen (secondary N) is 1. The molecular weight excluding hydrogens is 214 g/mol. The van der Waals surface area contributed by atoms with Crippen LogP contribution in [0.3, 0.4) is 0 Å². The Morgan fingerprint density at radius 3 is 3.06 bits per heavy atom. The third-order valence-electron chi connectivity index (χ3n) is 2.47. The average Bonchev–Trinajstić information content (AvgIpc) is 2.36. The molecule has 0 fully saturated rings. The van der Waals surface area contributed by atoms with Crippen molar-refractivity contribution in [3.8, 4) is 18.1 Å². The summed E-state index contributed by atoms with van der Waals surface area (Å²) in [6.45, 7) is 1.27. The number of terminal acetylenes is 1. The predicted molar refractivity (Wildman–Crippen MR) is 68.8 cm³/mol. The van der Waals surface area contributed by atoms with Crippen molar-refractivity contribution in [1.29, 1.82) is 0 Å². The minimum atomic E-state index is -0.378. The Labute approximate surface area is 103 Å². The van der Waals surface area contributed by atoms with E-state index in [0.717, 1.165) is 11.3 Å². The number of aliphatic hydroxyl groups excluding tert-OH is 1. The van der Waals surface area contributed by atoms with Crippen LogP contribution in [0.4, 0.5) is 0 Å². The third kappa shape index (κ3) is 5.39. The molecule has 92 valence electrons. The number of hydrogen-bond donors (Lipinski definition) is 2. The Morgan fingerprint density at radius 2 is 2.35 bits per heavy atom. The van der Waals surface area contributed by atoms with Crippen molar-refractivity contribution in [2.24, 2.45) is 0 Å². The first-order valence-electron chi connectivity index (χ1n) is 5.71. The molecule has 0 unspecified atom stereocenters. The van der Waals surface area contributed by atoms with Crippen LogP contribution in [0, 0.1) is 12.3 Å². The quantitative estimate of drug-likeness (QED) is 0.702. The molecule has 1 atom stereocenters. The average molecular weight is 233 g/mol. The fraction of sp³-hybridized carbons (Fsp3) is 0.429. The number of hydrogen-bond acceptors (Lipinski definition) is 3. The summed E-state index contributed by atoms with van der Waals surface area (Å²) in [5.41, 5.74) is 1.13. The lowest BCUT2D eigenvalue weighted by atomic mass is 10.2. The Bertz CT molecular complexity index is 371. The minimum Gasteiger partial charge on any atom is -0.497 e. The van der Waals surface area contributed by atoms with Crippen molar-refractivity contribution in [1.82, 2.24) is 5.32 Å². The van der Waals surface area contributed by atoms with Gasteiger partial charge in [0.2, 0.25) is 0 Å². The van der Waals surface area contributed by atoms with Crippen molar-refractivity contribution >= 4 is 0 Å². The number of aliphatic hydroxyl groups is 1. The minimum absolute atomic E-state index is 0.378. The van der Waals surface area contributed by atoms with Gasteiger partial charge in [-0.25, -0.2) is 0 Å². The van der Waals surface area contributed by atoms with E-state index in [1.54, 1.807) is 7.11 Å². The number of methoxy groups -OCH3 is 1. The molecule has 0 saturated heterocycles. The van der Waals surface area contributed by atoms with Crippen LogP contribution in [-0.4, -0.2) is 24.9 Å². The molecule has 0 heterocycles. The third-order valence-corrected chi connectivity index (χ3v) is 2.47. The van der Waals surface area contributed by atoms with Gasteiger partial charge in [0.25, 0.3) is 0 Å². The molecule has 3 heteroatoms. The maximum absolute atomic E-state index is 9.58. The second kappa shape index (κ2) is 7.72. The van der Waals surface area contributed by atoms with Crippen molar-refractivity contribution in [2.75, 3.05) is 13.7 Å². The van der Waals surface area contributed by atoms with Crippen LogP contribution >= 0.6 is 0 Å². The van der Waals surface area contributed by atoms with Crippen molar-refractivity contribution in [3.63, 3.8) is 0 Å². The van der Waals surface area contributed by atoms with Gasteiger partial charge in [-0.2, -0.15) is 0 Å². The summed E-state index contributed by atoms with van der Waals surface area (Å²) in [5, 5.41) is 12.8. The molecule has 17 heavy (non-hydrogen) atoms. The molecule has 0 spiro atoms. The number of ether oxygens (including phenoxy) is 1. The van der Waals surface area contributed by atoms with E-state index in [-0.39, 0.29) is 6.10 Å². The van der Waals surface area contributed by atoms with E-state index in [1.807, 2.05) is 24.3 Å². The van der Waals surface area contributed by atoms with E-state index < -0.39 is 0 Å². The van der Waals surface area contributed by atoms with Crippen molar-refractivity contribution in [3.05, 3.63) is 29.8 Å². The summed E-state index contributed by atoms with van der Waals surface area (Å²) in [6.07, 6.45) is 6.01. The molecule has 1 aromatic rings. The zero-order chi connectivity index (χ0) is 12.5. The molecule has 0 aliphatic carbocycles. The first-order chi connectivity index (χ1) is 8.26. The molecule has 0 amide bonds. The highest BCUT2D eigenvalue weighted by Crippen LogP contribution is 2.12. The van der Waals surface area contributed by atoms with Gasteiger partial charge in [0, 0.05) is 19.5 Å². The Morgan fingerprint density at radius 1 is 1.53 bits per heavy atom. The largest absolute Gasteiger partial charge is 0.497 e. The van der Waals surface area contributed by atoms with Crippen LogP contribution in [0.15, 0.2) is 24.3 Å². The smallest absolute Gasteiger partial charge is 0.119 e. The Kier molecular flexibility index (Phi) is 6.16. The van der Waals surface area contributed by atoms with Gasteiger partial charge < -0.3 is 15.2 Å². The van der Waals surface area contributed by atoms with Crippen molar-refractivity contribution < 1.29 is 9.84 Å². The van der Waals surface area contributed by atoms with E-state index in [9.17, 15) is 5.11 Å². The summed E-state index contributed by atoms with van der Waals surface area (Å²) in [5.74, 6) is 3.36. The Balaban J connectivity index is 2.28. The summed E-state index contributed by atoms with van der Waals surface area (Å²) < 4.78 is 5.14. The van der Waals surface area contributed by atoms with Gasteiger partial charge in [0.15, 0.2) is 0 Å². The summed E-state index contributed by atoms with van der Waals surface area (Å²) >= 11 is 0. The monoisotopic (exact) mass is 233 g/mol. The van der Waals surface area contributed by atoms with Gasteiger partial charge in [-0.15, -0.1) is 12.3 Å². The zero-order valence-electron chi connectivity index (χ0n) is 10.1. The van der Waals surface area contributed by atoms with E-state index >= 15 is 0 Å². The summed E-state index contributed by atoms with van der Waals surface area (Å²) in [6, 6.07) is 7.85. The molecule has 0 saturated carbocycles. The molecule has 0 aromatic heterocycles. The maximum atomic E-state index is 9.58. The highest BCUT2D eigenvalue weighted by atomic mass is 16.5. The van der Waals surface area contributed by atoms with Gasteiger partial charge in [-0.1, -0.05) is 12.1 Å². The molecule has 0 bridgehead atoms. The first-order valence-corrected chi connectivity index (χ1v) is 5.71. The van der Waals surface area contributed by atoms with Crippen LogP contribution in [0.1, 0.15) is 18.4 Å². The van der Waals surface area contributed by atoms with Crippen LogP contribution in [0.2, 0.25) is 0 Å². The standard InChI is InChI=1S/C14H19NO2/c1-3-4-7-13(16)11-15-10-12-6-5-8-14(9-12)17-2/h1,5-6,8-9,13,15-16H,4,7,10-11H2,2H3/t13-/m0/s1. The lowest BCUT2D eigenvalue weighted by molar-refractivity contribution is 0.163. The predicted octanol–water partition coefficient (Wildman–Crippen LogP) is 1.56. The van der Waals surface area contributed by atoms with Crippen LogP contribution in [-0.2, 0) is 6.54 Å².